The topological polar surface area (TPSA) is 12.0 Å². The molecule has 0 saturated carbocycles. The van der Waals surface area contributed by atoms with Crippen LogP contribution in [-0.2, 0) is 5.75 Å². The van der Waals surface area contributed by atoms with Crippen LogP contribution in [0.4, 0.5) is 0 Å². The highest BCUT2D eigenvalue weighted by Crippen LogP contribution is 2.22. The molecule has 1 nitrogen and oxygen atoms in total. The average molecular weight is 265 g/mol. The summed E-state index contributed by atoms with van der Waals surface area (Å²) in [5.74, 6) is 1.12. The van der Waals surface area contributed by atoms with Crippen molar-refractivity contribution in [3.8, 4) is 0 Å². The van der Waals surface area contributed by atoms with E-state index in [-0.39, 0.29) is 0 Å². The van der Waals surface area contributed by atoms with Gasteiger partial charge in [-0.15, -0.1) is 0 Å². The molecule has 1 aromatic carbocycles. The maximum atomic E-state index is 3.65. The molecule has 1 rings (SSSR count). The molecule has 0 spiro atoms. The maximum absolute atomic E-state index is 3.65. The van der Waals surface area contributed by atoms with Gasteiger partial charge in [0.15, 0.2) is 0 Å². The van der Waals surface area contributed by atoms with Crippen LogP contribution in [0.3, 0.4) is 0 Å². The highest BCUT2D eigenvalue weighted by Gasteiger charge is 2.14. The second kappa shape index (κ2) is 8.60. The molecule has 0 aromatic heterocycles. The van der Waals surface area contributed by atoms with E-state index >= 15 is 0 Å². The number of thioether (sulfide) groups is 1. The standard InChI is InChI=1S/C16H27NS/c1-5-10-17-16(6-2)14(4)18-12-15-9-7-8-13(3)11-15/h7-9,11,14,16-17H,5-6,10,12H2,1-4H3. The van der Waals surface area contributed by atoms with Gasteiger partial charge in [-0.1, -0.05) is 50.6 Å². The van der Waals surface area contributed by atoms with Crippen LogP contribution in [0.5, 0.6) is 0 Å². The zero-order valence-electron chi connectivity index (χ0n) is 12.2. The highest BCUT2D eigenvalue weighted by molar-refractivity contribution is 7.99. The third-order valence-corrected chi connectivity index (χ3v) is 4.61. The minimum absolute atomic E-state index is 0.639. The zero-order chi connectivity index (χ0) is 13.4. The van der Waals surface area contributed by atoms with E-state index in [1.54, 1.807) is 0 Å². The summed E-state index contributed by atoms with van der Waals surface area (Å²) in [6.07, 6.45) is 2.42. The lowest BCUT2D eigenvalue weighted by molar-refractivity contribution is 0.493. The van der Waals surface area contributed by atoms with Gasteiger partial charge in [0, 0.05) is 17.0 Å². The Labute approximate surface area is 117 Å². The molecule has 0 fully saturated rings. The molecular formula is C16H27NS. The molecule has 0 amide bonds. The number of aryl methyl sites for hydroxylation is 1. The summed E-state index contributed by atoms with van der Waals surface area (Å²) < 4.78 is 0. The summed E-state index contributed by atoms with van der Waals surface area (Å²) in [6, 6.07) is 9.48. The molecule has 0 aliphatic heterocycles. The second-order valence-corrected chi connectivity index (χ2v) is 6.34. The predicted octanol–water partition coefficient (Wildman–Crippen LogP) is 4.39. The van der Waals surface area contributed by atoms with Crippen molar-refractivity contribution in [2.24, 2.45) is 0 Å². The molecule has 1 N–H and O–H groups in total. The summed E-state index contributed by atoms with van der Waals surface area (Å²) in [5.41, 5.74) is 2.80. The van der Waals surface area contributed by atoms with E-state index in [9.17, 15) is 0 Å². The zero-order valence-corrected chi connectivity index (χ0v) is 13.0. The third kappa shape index (κ3) is 5.45. The molecule has 0 heterocycles. The molecule has 2 heteroatoms. The number of hydrogen-bond acceptors (Lipinski definition) is 2. The second-order valence-electron chi connectivity index (χ2n) is 4.97. The first-order valence-corrected chi connectivity index (χ1v) is 8.12. The number of nitrogens with one attached hydrogen (secondary N) is 1. The van der Waals surface area contributed by atoms with Gasteiger partial charge in [0.05, 0.1) is 0 Å². The Morgan fingerprint density at radius 3 is 2.67 bits per heavy atom. The predicted molar refractivity (Wildman–Crippen MR) is 84.3 cm³/mol. The lowest BCUT2D eigenvalue weighted by Gasteiger charge is -2.23. The monoisotopic (exact) mass is 265 g/mol. The molecule has 0 radical (unpaired) electrons. The molecule has 0 aliphatic rings. The first-order valence-electron chi connectivity index (χ1n) is 7.07. The molecule has 0 aliphatic carbocycles. The van der Waals surface area contributed by atoms with Crippen molar-refractivity contribution in [1.82, 2.24) is 5.32 Å². The number of benzene rings is 1. The minimum Gasteiger partial charge on any atom is -0.313 e. The van der Waals surface area contributed by atoms with Gasteiger partial charge in [-0.05, 0) is 31.9 Å². The summed E-state index contributed by atoms with van der Waals surface area (Å²) in [6.45, 7) is 10.1. The van der Waals surface area contributed by atoms with Gasteiger partial charge >= 0.3 is 0 Å². The van der Waals surface area contributed by atoms with Crippen molar-refractivity contribution >= 4 is 11.8 Å². The van der Waals surface area contributed by atoms with Crippen molar-refractivity contribution in [3.63, 3.8) is 0 Å². The molecular weight excluding hydrogens is 238 g/mol. The van der Waals surface area contributed by atoms with Gasteiger partial charge in [-0.3, -0.25) is 0 Å². The Hall–Kier alpha value is -0.470. The lowest BCUT2D eigenvalue weighted by atomic mass is 10.1. The fourth-order valence-corrected chi connectivity index (χ4v) is 3.27. The molecule has 0 bridgehead atoms. The van der Waals surface area contributed by atoms with E-state index in [0.29, 0.717) is 11.3 Å². The van der Waals surface area contributed by atoms with E-state index in [1.165, 1.54) is 24.0 Å². The Kier molecular flexibility index (Phi) is 7.45. The van der Waals surface area contributed by atoms with Gasteiger partial charge in [0.1, 0.15) is 0 Å². The first-order chi connectivity index (χ1) is 8.67. The van der Waals surface area contributed by atoms with Gasteiger partial charge in [0.25, 0.3) is 0 Å². The molecule has 1 aromatic rings. The van der Waals surface area contributed by atoms with Crippen LogP contribution in [-0.4, -0.2) is 17.8 Å². The molecule has 2 atom stereocenters. The average Bonchev–Trinajstić information content (AvgIpc) is 2.37. The van der Waals surface area contributed by atoms with Crippen molar-refractivity contribution < 1.29 is 0 Å². The smallest absolute Gasteiger partial charge is 0.0187 e. The highest BCUT2D eigenvalue weighted by atomic mass is 32.2. The minimum atomic E-state index is 0.639. The van der Waals surface area contributed by atoms with Crippen LogP contribution in [0.25, 0.3) is 0 Å². The van der Waals surface area contributed by atoms with Gasteiger partial charge < -0.3 is 5.32 Å². The quantitative estimate of drug-likeness (QED) is 0.748. The third-order valence-electron chi connectivity index (χ3n) is 3.26. The summed E-state index contributed by atoms with van der Waals surface area (Å²) in [7, 11) is 0. The largest absolute Gasteiger partial charge is 0.313 e. The van der Waals surface area contributed by atoms with Crippen LogP contribution in [0, 0.1) is 6.92 Å². The van der Waals surface area contributed by atoms with Gasteiger partial charge in [-0.2, -0.15) is 11.8 Å². The SMILES string of the molecule is CCCNC(CC)C(C)SCc1cccc(C)c1. The Balaban J connectivity index is 2.41. The van der Waals surface area contributed by atoms with Crippen LogP contribution in [0.1, 0.15) is 44.7 Å². The van der Waals surface area contributed by atoms with Crippen molar-refractivity contribution in [2.45, 2.75) is 57.6 Å². The van der Waals surface area contributed by atoms with E-state index in [2.05, 4.69) is 69.0 Å². The van der Waals surface area contributed by atoms with Gasteiger partial charge in [-0.25, -0.2) is 0 Å². The van der Waals surface area contributed by atoms with E-state index < -0.39 is 0 Å². The summed E-state index contributed by atoms with van der Waals surface area (Å²) >= 11 is 2.06. The van der Waals surface area contributed by atoms with Crippen molar-refractivity contribution in [2.75, 3.05) is 6.54 Å². The Bertz CT molecular complexity index is 338. The molecule has 0 saturated heterocycles. The van der Waals surface area contributed by atoms with E-state index in [0.717, 1.165) is 12.3 Å². The molecule has 2 unspecified atom stereocenters. The first kappa shape index (κ1) is 15.6. The van der Waals surface area contributed by atoms with Crippen molar-refractivity contribution in [1.29, 1.82) is 0 Å². The van der Waals surface area contributed by atoms with Crippen LogP contribution in [0.2, 0.25) is 0 Å². The number of rotatable bonds is 8. The van der Waals surface area contributed by atoms with E-state index in [4.69, 9.17) is 0 Å². The Morgan fingerprint density at radius 2 is 2.06 bits per heavy atom. The Morgan fingerprint density at radius 1 is 1.28 bits per heavy atom. The van der Waals surface area contributed by atoms with Crippen molar-refractivity contribution in [3.05, 3.63) is 35.4 Å². The van der Waals surface area contributed by atoms with Crippen LogP contribution >= 0.6 is 11.8 Å². The summed E-state index contributed by atoms with van der Waals surface area (Å²) in [4.78, 5) is 0. The summed E-state index contributed by atoms with van der Waals surface area (Å²) in [5, 5.41) is 4.31. The van der Waals surface area contributed by atoms with Crippen LogP contribution in [0.15, 0.2) is 24.3 Å². The fourth-order valence-electron chi connectivity index (χ4n) is 2.12. The number of hydrogen-bond donors (Lipinski definition) is 1. The van der Waals surface area contributed by atoms with Gasteiger partial charge in [0.2, 0.25) is 0 Å². The molecule has 102 valence electrons. The lowest BCUT2D eigenvalue weighted by Crippen LogP contribution is -2.36. The van der Waals surface area contributed by atoms with Crippen LogP contribution < -0.4 is 5.32 Å². The normalized spacial score (nSPS) is 14.4. The van der Waals surface area contributed by atoms with E-state index in [1.807, 2.05) is 0 Å². The molecule has 18 heavy (non-hydrogen) atoms. The fraction of sp³-hybridized carbons (Fsp3) is 0.625. The maximum Gasteiger partial charge on any atom is 0.0187 e.